The van der Waals surface area contributed by atoms with Gasteiger partial charge in [-0.05, 0) is 30.7 Å². The molecule has 0 aliphatic carbocycles. The van der Waals surface area contributed by atoms with Crippen molar-refractivity contribution in [2.45, 2.75) is 13.1 Å². The van der Waals surface area contributed by atoms with E-state index < -0.39 is 11.7 Å². The maximum atomic E-state index is 12.4. The first-order valence-corrected chi connectivity index (χ1v) is 5.06. The molecule has 2 rings (SSSR count). The van der Waals surface area contributed by atoms with Crippen LogP contribution in [0.25, 0.3) is 11.3 Å². The van der Waals surface area contributed by atoms with Crippen molar-refractivity contribution in [1.29, 1.82) is 0 Å². The molecule has 0 aliphatic heterocycles. The molecule has 0 aliphatic rings. The standard InChI is InChI=1S/C12H11F3N2/c1-8-7-11(17(2)16-8)9-3-5-10(6-4-9)12(13,14)15/h3-7H,1-2H3. The van der Waals surface area contributed by atoms with Crippen LogP contribution in [0, 0.1) is 6.92 Å². The van der Waals surface area contributed by atoms with Crippen molar-refractivity contribution in [3.05, 3.63) is 41.6 Å². The van der Waals surface area contributed by atoms with Crippen molar-refractivity contribution >= 4 is 0 Å². The maximum absolute atomic E-state index is 12.4. The van der Waals surface area contributed by atoms with Crippen LogP contribution in [-0.2, 0) is 13.2 Å². The summed E-state index contributed by atoms with van der Waals surface area (Å²) in [6.07, 6.45) is -4.29. The van der Waals surface area contributed by atoms with Crippen LogP contribution in [-0.4, -0.2) is 9.78 Å². The van der Waals surface area contributed by atoms with Gasteiger partial charge in [-0.3, -0.25) is 4.68 Å². The SMILES string of the molecule is Cc1cc(-c2ccc(C(F)(F)F)cc2)n(C)n1. The quantitative estimate of drug-likeness (QED) is 0.746. The number of hydrogen-bond acceptors (Lipinski definition) is 1. The Morgan fingerprint density at radius 1 is 1.12 bits per heavy atom. The largest absolute Gasteiger partial charge is 0.416 e. The van der Waals surface area contributed by atoms with Gasteiger partial charge in [-0.2, -0.15) is 18.3 Å². The maximum Gasteiger partial charge on any atom is 0.416 e. The predicted octanol–water partition coefficient (Wildman–Crippen LogP) is 3.41. The van der Waals surface area contributed by atoms with E-state index in [9.17, 15) is 13.2 Å². The van der Waals surface area contributed by atoms with E-state index in [0.717, 1.165) is 29.1 Å². The summed E-state index contributed by atoms with van der Waals surface area (Å²) in [6.45, 7) is 1.84. The van der Waals surface area contributed by atoms with Crippen molar-refractivity contribution in [2.24, 2.45) is 7.05 Å². The van der Waals surface area contributed by atoms with Crippen molar-refractivity contribution < 1.29 is 13.2 Å². The molecular weight excluding hydrogens is 229 g/mol. The van der Waals surface area contributed by atoms with Crippen molar-refractivity contribution in [2.75, 3.05) is 0 Å². The highest BCUT2D eigenvalue weighted by molar-refractivity contribution is 5.60. The van der Waals surface area contributed by atoms with Gasteiger partial charge in [0.2, 0.25) is 0 Å². The van der Waals surface area contributed by atoms with E-state index in [1.165, 1.54) is 12.1 Å². The fourth-order valence-electron chi connectivity index (χ4n) is 1.71. The van der Waals surface area contributed by atoms with E-state index in [1.54, 1.807) is 11.7 Å². The van der Waals surface area contributed by atoms with E-state index in [2.05, 4.69) is 5.10 Å². The molecule has 2 nitrogen and oxygen atoms in total. The number of rotatable bonds is 1. The smallest absolute Gasteiger partial charge is 0.268 e. The van der Waals surface area contributed by atoms with Crippen LogP contribution in [0.4, 0.5) is 13.2 Å². The molecule has 0 saturated heterocycles. The lowest BCUT2D eigenvalue weighted by atomic mass is 10.1. The average Bonchev–Trinajstić information content (AvgIpc) is 2.57. The molecular formula is C12H11F3N2. The van der Waals surface area contributed by atoms with Crippen molar-refractivity contribution in [3.8, 4) is 11.3 Å². The molecule has 1 aromatic carbocycles. The van der Waals surface area contributed by atoms with Gasteiger partial charge < -0.3 is 0 Å². The first kappa shape index (κ1) is 11.7. The minimum atomic E-state index is -4.29. The monoisotopic (exact) mass is 240 g/mol. The zero-order valence-corrected chi connectivity index (χ0v) is 9.42. The summed E-state index contributed by atoms with van der Waals surface area (Å²) in [6, 6.07) is 6.91. The number of alkyl halides is 3. The van der Waals surface area contributed by atoms with Crippen LogP contribution >= 0.6 is 0 Å². The third-order valence-corrected chi connectivity index (χ3v) is 2.51. The Morgan fingerprint density at radius 2 is 1.71 bits per heavy atom. The summed E-state index contributed by atoms with van der Waals surface area (Å²) in [4.78, 5) is 0. The highest BCUT2D eigenvalue weighted by atomic mass is 19.4. The van der Waals surface area contributed by atoms with Gasteiger partial charge in [0.15, 0.2) is 0 Å². The van der Waals surface area contributed by atoms with E-state index in [0.29, 0.717) is 0 Å². The lowest BCUT2D eigenvalue weighted by Crippen LogP contribution is -2.04. The molecule has 90 valence electrons. The molecule has 0 amide bonds. The molecule has 0 unspecified atom stereocenters. The summed E-state index contributed by atoms with van der Waals surface area (Å²) in [7, 11) is 1.76. The minimum absolute atomic E-state index is 0.639. The van der Waals surface area contributed by atoms with Gasteiger partial charge in [-0.15, -0.1) is 0 Å². The van der Waals surface area contributed by atoms with Gasteiger partial charge in [-0.25, -0.2) is 0 Å². The number of benzene rings is 1. The summed E-state index contributed by atoms with van der Waals surface area (Å²) in [5, 5.41) is 4.15. The number of aromatic nitrogens is 2. The second-order valence-corrected chi connectivity index (χ2v) is 3.87. The molecule has 0 atom stereocenters. The Morgan fingerprint density at radius 3 is 2.12 bits per heavy atom. The van der Waals surface area contributed by atoms with Gasteiger partial charge >= 0.3 is 6.18 Å². The third-order valence-electron chi connectivity index (χ3n) is 2.51. The van der Waals surface area contributed by atoms with Crippen LogP contribution < -0.4 is 0 Å². The summed E-state index contributed by atoms with van der Waals surface area (Å²) >= 11 is 0. The Bertz CT molecular complexity index is 524. The number of hydrogen-bond donors (Lipinski definition) is 0. The fourth-order valence-corrected chi connectivity index (χ4v) is 1.71. The zero-order chi connectivity index (χ0) is 12.6. The summed E-state index contributed by atoms with van der Waals surface area (Å²) in [5.41, 5.74) is 1.72. The Hall–Kier alpha value is -1.78. The molecule has 0 spiro atoms. The summed E-state index contributed by atoms with van der Waals surface area (Å²) in [5.74, 6) is 0. The van der Waals surface area contributed by atoms with E-state index in [4.69, 9.17) is 0 Å². The summed E-state index contributed by atoms with van der Waals surface area (Å²) < 4.78 is 38.8. The Balaban J connectivity index is 2.39. The highest BCUT2D eigenvalue weighted by Crippen LogP contribution is 2.30. The van der Waals surface area contributed by atoms with Gasteiger partial charge in [0.1, 0.15) is 0 Å². The first-order chi connectivity index (χ1) is 7.88. The van der Waals surface area contributed by atoms with Crippen LogP contribution in [0.2, 0.25) is 0 Å². The van der Waals surface area contributed by atoms with Crippen LogP contribution in [0.3, 0.4) is 0 Å². The molecule has 0 bridgehead atoms. The molecule has 17 heavy (non-hydrogen) atoms. The molecule has 0 fully saturated rings. The van der Waals surface area contributed by atoms with Gasteiger partial charge in [0, 0.05) is 7.05 Å². The van der Waals surface area contributed by atoms with Crippen LogP contribution in [0.15, 0.2) is 30.3 Å². The van der Waals surface area contributed by atoms with Gasteiger partial charge in [-0.1, -0.05) is 12.1 Å². The normalized spacial score (nSPS) is 11.8. The molecule has 0 saturated carbocycles. The predicted molar refractivity (Wildman–Crippen MR) is 58.4 cm³/mol. The molecule has 0 radical (unpaired) electrons. The molecule has 5 heteroatoms. The molecule has 2 aromatic rings. The number of aryl methyl sites for hydroxylation is 2. The zero-order valence-electron chi connectivity index (χ0n) is 9.42. The second-order valence-electron chi connectivity index (χ2n) is 3.87. The van der Waals surface area contributed by atoms with Gasteiger partial charge in [0.05, 0.1) is 17.0 Å². The minimum Gasteiger partial charge on any atom is -0.268 e. The van der Waals surface area contributed by atoms with Crippen molar-refractivity contribution in [3.63, 3.8) is 0 Å². The fraction of sp³-hybridized carbons (Fsp3) is 0.250. The Kier molecular flexibility index (Phi) is 2.69. The van der Waals surface area contributed by atoms with Crippen LogP contribution in [0.1, 0.15) is 11.3 Å². The van der Waals surface area contributed by atoms with Gasteiger partial charge in [0.25, 0.3) is 0 Å². The van der Waals surface area contributed by atoms with E-state index >= 15 is 0 Å². The number of nitrogens with zero attached hydrogens (tertiary/aromatic N) is 2. The lowest BCUT2D eigenvalue weighted by molar-refractivity contribution is -0.137. The molecule has 0 N–H and O–H groups in total. The van der Waals surface area contributed by atoms with E-state index in [-0.39, 0.29) is 0 Å². The Labute approximate surface area is 96.7 Å². The van der Waals surface area contributed by atoms with E-state index in [1.807, 2.05) is 13.0 Å². The first-order valence-electron chi connectivity index (χ1n) is 5.06. The second kappa shape index (κ2) is 3.91. The lowest BCUT2D eigenvalue weighted by Gasteiger charge is -2.07. The highest BCUT2D eigenvalue weighted by Gasteiger charge is 2.30. The topological polar surface area (TPSA) is 17.8 Å². The third kappa shape index (κ3) is 2.33. The number of halogens is 3. The molecule has 1 aromatic heterocycles. The van der Waals surface area contributed by atoms with Crippen LogP contribution in [0.5, 0.6) is 0 Å². The van der Waals surface area contributed by atoms with Crippen molar-refractivity contribution in [1.82, 2.24) is 9.78 Å². The molecule has 1 heterocycles. The average molecular weight is 240 g/mol.